The van der Waals surface area contributed by atoms with Gasteiger partial charge in [0.15, 0.2) is 0 Å². The van der Waals surface area contributed by atoms with E-state index >= 15 is 0 Å². The third kappa shape index (κ3) is 5.81. The van der Waals surface area contributed by atoms with Crippen molar-refractivity contribution in [1.82, 2.24) is 10.2 Å². The molecule has 6 nitrogen and oxygen atoms in total. The molecule has 27 heavy (non-hydrogen) atoms. The molecule has 0 aliphatic carbocycles. The van der Waals surface area contributed by atoms with Gasteiger partial charge in [0.1, 0.15) is 0 Å². The second-order valence-electron chi connectivity index (χ2n) is 7.97. The number of hydrogen-bond acceptors (Lipinski definition) is 3. The molecule has 0 spiro atoms. The van der Waals surface area contributed by atoms with E-state index in [1.165, 1.54) is 0 Å². The summed E-state index contributed by atoms with van der Waals surface area (Å²) in [7, 11) is 0. The Morgan fingerprint density at radius 3 is 2.52 bits per heavy atom. The number of rotatable bonds is 7. The molecule has 0 radical (unpaired) electrons. The summed E-state index contributed by atoms with van der Waals surface area (Å²) in [6.45, 7) is 6.62. The fourth-order valence-corrected chi connectivity index (χ4v) is 3.39. The first-order chi connectivity index (χ1) is 12.7. The van der Waals surface area contributed by atoms with Gasteiger partial charge >= 0.3 is 5.97 Å². The lowest BCUT2D eigenvalue weighted by atomic mass is 9.84. The van der Waals surface area contributed by atoms with E-state index in [1.807, 2.05) is 44.2 Å². The largest absolute Gasteiger partial charge is 0.481 e. The van der Waals surface area contributed by atoms with Crippen LogP contribution in [0.2, 0.25) is 0 Å². The van der Waals surface area contributed by atoms with Gasteiger partial charge in [0.2, 0.25) is 11.8 Å². The summed E-state index contributed by atoms with van der Waals surface area (Å²) >= 11 is 0. The van der Waals surface area contributed by atoms with E-state index in [0.29, 0.717) is 25.9 Å². The second kappa shape index (κ2) is 9.02. The van der Waals surface area contributed by atoms with Crippen molar-refractivity contribution < 1.29 is 19.5 Å². The fourth-order valence-electron chi connectivity index (χ4n) is 3.39. The van der Waals surface area contributed by atoms with Gasteiger partial charge in [-0.1, -0.05) is 44.2 Å². The molecule has 2 unspecified atom stereocenters. The fraction of sp³-hybridized carbons (Fsp3) is 0.571. The average Bonchev–Trinajstić information content (AvgIpc) is 2.61. The number of piperidine rings is 1. The van der Waals surface area contributed by atoms with Gasteiger partial charge in [0.25, 0.3) is 0 Å². The van der Waals surface area contributed by atoms with Crippen molar-refractivity contribution in [3.05, 3.63) is 35.9 Å². The molecule has 2 rings (SSSR count). The molecule has 0 saturated carbocycles. The van der Waals surface area contributed by atoms with Crippen LogP contribution in [0.1, 0.15) is 45.6 Å². The Bertz CT molecular complexity index is 674. The number of nitrogens with one attached hydrogen (secondary N) is 1. The molecule has 1 aliphatic heterocycles. The summed E-state index contributed by atoms with van der Waals surface area (Å²) in [5.74, 6) is -1.39. The minimum absolute atomic E-state index is 0.0167. The van der Waals surface area contributed by atoms with Gasteiger partial charge in [0.05, 0.1) is 18.8 Å². The lowest BCUT2D eigenvalue weighted by molar-refractivity contribution is -0.140. The van der Waals surface area contributed by atoms with E-state index in [-0.39, 0.29) is 30.1 Å². The summed E-state index contributed by atoms with van der Waals surface area (Å²) in [6, 6.07) is 9.57. The maximum absolute atomic E-state index is 12.8. The number of carboxylic acids is 1. The monoisotopic (exact) mass is 374 g/mol. The number of aliphatic carboxylic acids is 1. The topological polar surface area (TPSA) is 86.7 Å². The zero-order chi connectivity index (χ0) is 20.0. The molecular weight excluding hydrogens is 344 g/mol. The van der Waals surface area contributed by atoms with Crippen molar-refractivity contribution in [2.45, 2.75) is 52.0 Å². The number of carboxylic acid groups (broad SMARTS) is 1. The lowest BCUT2D eigenvalue weighted by Gasteiger charge is -2.37. The molecule has 0 aromatic heterocycles. The van der Waals surface area contributed by atoms with E-state index in [0.717, 1.165) is 12.0 Å². The summed E-state index contributed by atoms with van der Waals surface area (Å²) in [4.78, 5) is 38.3. The van der Waals surface area contributed by atoms with E-state index in [4.69, 9.17) is 0 Å². The number of amides is 2. The Morgan fingerprint density at radius 2 is 1.93 bits per heavy atom. The molecule has 1 aliphatic rings. The Morgan fingerprint density at radius 1 is 1.26 bits per heavy atom. The molecule has 1 saturated heterocycles. The van der Waals surface area contributed by atoms with Crippen LogP contribution in [0, 0.1) is 11.8 Å². The highest BCUT2D eigenvalue weighted by Gasteiger charge is 2.36. The van der Waals surface area contributed by atoms with Gasteiger partial charge in [-0.15, -0.1) is 0 Å². The van der Waals surface area contributed by atoms with Crippen LogP contribution >= 0.6 is 0 Å². The van der Waals surface area contributed by atoms with Crippen LogP contribution in [0.3, 0.4) is 0 Å². The highest BCUT2D eigenvalue weighted by Crippen LogP contribution is 2.24. The normalized spacial score (nSPS) is 19.4. The number of carbonyl (C=O) groups is 3. The molecule has 1 heterocycles. The first kappa shape index (κ1) is 20.9. The molecule has 1 fully saturated rings. The Balaban J connectivity index is 1.98. The van der Waals surface area contributed by atoms with E-state index < -0.39 is 11.5 Å². The quantitative estimate of drug-likeness (QED) is 0.768. The highest BCUT2D eigenvalue weighted by molar-refractivity contribution is 5.83. The third-order valence-corrected chi connectivity index (χ3v) is 5.54. The smallest absolute Gasteiger partial charge is 0.305 e. The van der Waals surface area contributed by atoms with Crippen molar-refractivity contribution in [2.24, 2.45) is 11.8 Å². The van der Waals surface area contributed by atoms with Crippen LogP contribution in [0.15, 0.2) is 30.3 Å². The summed E-state index contributed by atoms with van der Waals surface area (Å²) < 4.78 is 0. The van der Waals surface area contributed by atoms with Crippen molar-refractivity contribution in [2.75, 3.05) is 13.1 Å². The molecule has 2 atom stereocenters. The van der Waals surface area contributed by atoms with Gasteiger partial charge < -0.3 is 15.3 Å². The summed E-state index contributed by atoms with van der Waals surface area (Å²) in [6.07, 6.45) is 1.69. The van der Waals surface area contributed by atoms with Crippen molar-refractivity contribution >= 4 is 17.8 Å². The van der Waals surface area contributed by atoms with Gasteiger partial charge in [-0.2, -0.15) is 0 Å². The zero-order valence-corrected chi connectivity index (χ0v) is 16.4. The number of likely N-dealkylation sites (tertiary alicyclic amines) is 1. The lowest BCUT2D eigenvalue weighted by Crippen LogP contribution is -2.55. The zero-order valence-electron chi connectivity index (χ0n) is 16.4. The van der Waals surface area contributed by atoms with E-state index in [9.17, 15) is 19.5 Å². The van der Waals surface area contributed by atoms with E-state index in [2.05, 4.69) is 5.32 Å². The van der Waals surface area contributed by atoms with Gasteiger partial charge in [-0.3, -0.25) is 14.4 Å². The number of carbonyl (C=O) groups excluding carboxylic acids is 2. The summed E-state index contributed by atoms with van der Waals surface area (Å²) in [5.41, 5.74) is 0.155. The molecule has 2 amide bonds. The predicted molar refractivity (Wildman–Crippen MR) is 103 cm³/mol. The van der Waals surface area contributed by atoms with Crippen molar-refractivity contribution in [3.8, 4) is 0 Å². The van der Waals surface area contributed by atoms with Crippen LogP contribution in [0.25, 0.3) is 0 Å². The van der Waals surface area contributed by atoms with E-state index in [1.54, 1.807) is 11.8 Å². The molecule has 1 aromatic carbocycles. The highest BCUT2D eigenvalue weighted by atomic mass is 16.4. The van der Waals surface area contributed by atoms with Crippen LogP contribution in [0.4, 0.5) is 0 Å². The van der Waals surface area contributed by atoms with Crippen LogP contribution in [0.5, 0.6) is 0 Å². The number of hydrogen-bond donors (Lipinski definition) is 2. The minimum atomic E-state index is -0.935. The minimum Gasteiger partial charge on any atom is -0.481 e. The average molecular weight is 374 g/mol. The Kier molecular flexibility index (Phi) is 6.99. The standard InChI is InChI=1S/C21H30N2O4/c1-15(2)21(3,13-19(25)26)22-20(27)17-10-7-11-23(14-17)18(24)12-16-8-5-4-6-9-16/h4-6,8-9,15,17H,7,10-14H2,1-3H3,(H,22,27)(H,25,26). The molecule has 0 bridgehead atoms. The SMILES string of the molecule is CC(C)C(C)(CC(=O)O)NC(=O)C1CCCN(C(=O)Cc2ccccc2)C1. The van der Waals surface area contributed by atoms with Gasteiger partial charge in [0, 0.05) is 18.6 Å². The van der Waals surface area contributed by atoms with Crippen LogP contribution in [-0.4, -0.2) is 46.4 Å². The van der Waals surface area contributed by atoms with Crippen LogP contribution < -0.4 is 5.32 Å². The van der Waals surface area contributed by atoms with Crippen molar-refractivity contribution in [1.29, 1.82) is 0 Å². The molecule has 1 aromatic rings. The first-order valence-corrected chi connectivity index (χ1v) is 9.57. The Hall–Kier alpha value is -2.37. The maximum Gasteiger partial charge on any atom is 0.305 e. The number of nitrogens with zero attached hydrogens (tertiary/aromatic N) is 1. The van der Waals surface area contributed by atoms with Crippen LogP contribution in [-0.2, 0) is 20.8 Å². The molecule has 6 heteroatoms. The van der Waals surface area contributed by atoms with Gasteiger partial charge in [-0.25, -0.2) is 0 Å². The van der Waals surface area contributed by atoms with Gasteiger partial charge in [-0.05, 0) is 31.2 Å². The first-order valence-electron chi connectivity index (χ1n) is 9.57. The molecule has 2 N–H and O–H groups in total. The Labute approximate surface area is 160 Å². The predicted octanol–water partition coefficient (Wildman–Crippen LogP) is 2.47. The van der Waals surface area contributed by atoms with Crippen molar-refractivity contribution in [3.63, 3.8) is 0 Å². The summed E-state index contributed by atoms with van der Waals surface area (Å²) in [5, 5.41) is 12.1. The second-order valence-corrected chi connectivity index (χ2v) is 7.97. The number of benzene rings is 1. The maximum atomic E-state index is 12.8. The third-order valence-electron chi connectivity index (χ3n) is 5.54. The molecular formula is C21H30N2O4. The molecule has 148 valence electrons.